The molecule has 156 valence electrons. The molecule has 30 heavy (non-hydrogen) atoms. The molecular formula is C23H27N5O2. The average molecular weight is 406 g/mol. The highest BCUT2D eigenvalue weighted by Gasteiger charge is 2.31. The summed E-state index contributed by atoms with van der Waals surface area (Å²) in [7, 11) is 1.67. The SMILES string of the molecule is COc1cccc(C2CN(C(=O)CCc3n[nH]c4c3CCCC4)Cc3[nH]cnc32)c1. The number of imidazole rings is 1. The summed E-state index contributed by atoms with van der Waals surface area (Å²) in [6, 6.07) is 8.04. The van der Waals surface area contributed by atoms with Crippen molar-refractivity contribution in [3.63, 3.8) is 0 Å². The zero-order chi connectivity index (χ0) is 20.5. The van der Waals surface area contributed by atoms with Gasteiger partial charge in [-0.3, -0.25) is 9.89 Å². The Bertz CT molecular complexity index is 1050. The van der Waals surface area contributed by atoms with Crippen LogP contribution in [0.15, 0.2) is 30.6 Å². The Morgan fingerprint density at radius 2 is 2.17 bits per heavy atom. The van der Waals surface area contributed by atoms with Gasteiger partial charge in [0.1, 0.15) is 5.75 Å². The summed E-state index contributed by atoms with van der Waals surface area (Å²) in [6.45, 7) is 1.20. The molecule has 7 heteroatoms. The lowest BCUT2D eigenvalue weighted by atomic mass is 9.90. The number of carbonyl (C=O) groups excluding carboxylic acids is 1. The molecule has 0 radical (unpaired) electrons. The predicted molar refractivity (Wildman–Crippen MR) is 112 cm³/mol. The van der Waals surface area contributed by atoms with Crippen LogP contribution < -0.4 is 4.74 Å². The number of carbonyl (C=O) groups is 1. The molecule has 7 nitrogen and oxygen atoms in total. The largest absolute Gasteiger partial charge is 0.497 e. The van der Waals surface area contributed by atoms with Crippen LogP contribution in [-0.4, -0.2) is 44.6 Å². The van der Waals surface area contributed by atoms with Crippen LogP contribution in [0, 0.1) is 0 Å². The summed E-state index contributed by atoms with van der Waals surface area (Å²) in [5.41, 5.74) is 6.83. The van der Waals surface area contributed by atoms with Gasteiger partial charge in [-0.05, 0) is 48.9 Å². The Labute approximate surface area is 175 Å². The number of H-pyrrole nitrogens is 2. The lowest BCUT2D eigenvalue weighted by Crippen LogP contribution is -2.38. The van der Waals surface area contributed by atoms with E-state index in [-0.39, 0.29) is 11.8 Å². The molecule has 1 aliphatic carbocycles. The van der Waals surface area contributed by atoms with Crippen molar-refractivity contribution in [3.05, 3.63) is 64.5 Å². The maximum atomic E-state index is 13.1. The molecule has 2 aromatic heterocycles. The first kappa shape index (κ1) is 18.9. The van der Waals surface area contributed by atoms with E-state index in [9.17, 15) is 4.79 Å². The molecule has 0 bridgehead atoms. The van der Waals surface area contributed by atoms with Crippen molar-refractivity contribution in [1.29, 1.82) is 0 Å². The number of hydrogen-bond donors (Lipinski definition) is 2. The van der Waals surface area contributed by atoms with Crippen molar-refractivity contribution in [2.24, 2.45) is 0 Å². The molecule has 1 atom stereocenters. The Morgan fingerprint density at radius 3 is 3.07 bits per heavy atom. The number of amides is 1. The second-order valence-corrected chi connectivity index (χ2v) is 8.20. The van der Waals surface area contributed by atoms with Gasteiger partial charge < -0.3 is 14.6 Å². The van der Waals surface area contributed by atoms with Crippen molar-refractivity contribution in [3.8, 4) is 5.75 Å². The summed E-state index contributed by atoms with van der Waals surface area (Å²) in [4.78, 5) is 22.8. The van der Waals surface area contributed by atoms with E-state index in [1.807, 2.05) is 23.1 Å². The highest BCUT2D eigenvalue weighted by Crippen LogP contribution is 2.33. The minimum atomic E-state index is 0.0391. The minimum absolute atomic E-state index is 0.0391. The third-order valence-electron chi connectivity index (χ3n) is 6.40. The third kappa shape index (κ3) is 3.49. The van der Waals surface area contributed by atoms with Gasteiger partial charge in [-0.1, -0.05) is 12.1 Å². The lowest BCUT2D eigenvalue weighted by Gasteiger charge is -2.32. The number of ether oxygens (including phenoxy) is 1. The number of fused-ring (bicyclic) bond motifs is 2. The third-order valence-corrected chi connectivity index (χ3v) is 6.40. The quantitative estimate of drug-likeness (QED) is 0.683. The fourth-order valence-corrected chi connectivity index (χ4v) is 4.77. The molecule has 0 saturated carbocycles. The molecule has 0 fully saturated rings. The zero-order valence-electron chi connectivity index (χ0n) is 17.3. The number of hydrogen-bond acceptors (Lipinski definition) is 4. The van der Waals surface area contributed by atoms with E-state index in [4.69, 9.17) is 4.74 Å². The van der Waals surface area contributed by atoms with Crippen LogP contribution in [0.2, 0.25) is 0 Å². The number of nitrogens with zero attached hydrogens (tertiary/aromatic N) is 3. The number of methoxy groups -OCH3 is 1. The first-order valence-electron chi connectivity index (χ1n) is 10.7. The van der Waals surface area contributed by atoms with Gasteiger partial charge in [0.2, 0.25) is 5.91 Å². The molecule has 0 saturated heterocycles. The van der Waals surface area contributed by atoms with Gasteiger partial charge in [0.15, 0.2) is 0 Å². The fraction of sp³-hybridized carbons (Fsp3) is 0.435. The minimum Gasteiger partial charge on any atom is -0.497 e. The molecule has 1 unspecified atom stereocenters. The van der Waals surface area contributed by atoms with Crippen molar-refractivity contribution >= 4 is 5.91 Å². The summed E-state index contributed by atoms with van der Waals surface area (Å²) in [6.07, 6.45) is 7.49. The van der Waals surface area contributed by atoms with Gasteiger partial charge in [-0.15, -0.1) is 0 Å². The van der Waals surface area contributed by atoms with Crippen molar-refractivity contribution in [2.45, 2.75) is 51.0 Å². The molecule has 0 spiro atoms. The summed E-state index contributed by atoms with van der Waals surface area (Å²) in [5.74, 6) is 1.02. The summed E-state index contributed by atoms with van der Waals surface area (Å²) in [5, 5.41) is 7.68. The average Bonchev–Trinajstić information content (AvgIpc) is 3.43. The molecule has 2 N–H and O–H groups in total. The molecule has 1 aromatic carbocycles. The number of rotatable bonds is 5. The smallest absolute Gasteiger partial charge is 0.223 e. The Hall–Kier alpha value is -3.09. The maximum absolute atomic E-state index is 13.1. The second-order valence-electron chi connectivity index (χ2n) is 8.20. The summed E-state index contributed by atoms with van der Waals surface area (Å²) < 4.78 is 5.40. The van der Waals surface area contributed by atoms with Crippen LogP contribution >= 0.6 is 0 Å². The molecule has 3 heterocycles. The maximum Gasteiger partial charge on any atom is 0.223 e. The number of aromatic amines is 2. The highest BCUT2D eigenvalue weighted by molar-refractivity contribution is 5.77. The number of benzene rings is 1. The molecule has 2 aliphatic rings. The van der Waals surface area contributed by atoms with E-state index in [0.29, 0.717) is 25.9 Å². The van der Waals surface area contributed by atoms with Crippen LogP contribution in [0.25, 0.3) is 0 Å². The molecular weight excluding hydrogens is 378 g/mol. The van der Waals surface area contributed by atoms with Crippen LogP contribution in [0.1, 0.15) is 59.1 Å². The first-order valence-corrected chi connectivity index (χ1v) is 10.7. The van der Waals surface area contributed by atoms with Gasteiger partial charge >= 0.3 is 0 Å². The van der Waals surface area contributed by atoms with Gasteiger partial charge in [-0.25, -0.2) is 4.98 Å². The van der Waals surface area contributed by atoms with Gasteiger partial charge in [0.25, 0.3) is 0 Å². The monoisotopic (exact) mass is 405 g/mol. The van der Waals surface area contributed by atoms with Crippen LogP contribution in [0.4, 0.5) is 0 Å². The fourth-order valence-electron chi connectivity index (χ4n) is 4.77. The van der Waals surface area contributed by atoms with Crippen LogP contribution in [-0.2, 0) is 30.6 Å². The van der Waals surface area contributed by atoms with E-state index in [1.165, 1.54) is 24.1 Å². The highest BCUT2D eigenvalue weighted by atomic mass is 16.5. The standard InChI is InChI=1S/C23H27N5O2/c1-30-16-6-4-5-15(11-16)18-12-28(13-21-23(18)25-14-24-21)22(29)10-9-20-17-7-2-3-8-19(17)26-27-20/h4-6,11,14,18H,2-3,7-10,12-13H2,1H3,(H,24,25)(H,26,27). The van der Waals surface area contributed by atoms with Gasteiger partial charge in [-0.2, -0.15) is 5.10 Å². The van der Waals surface area contributed by atoms with E-state index in [1.54, 1.807) is 13.4 Å². The second kappa shape index (κ2) is 7.97. The van der Waals surface area contributed by atoms with E-state index < -0.39 is 0 Å². The number of aryl methyl sites for hydroxylation is 2. The van der Waals surface area contributed by atoms with E-state index in [0.717, 1.165) is 41.2 Å². The molecule has 3 aromatic rings. The van der Waals surface area contributed by atoms with E-state index in [2.05, 4.69) is 26.2 Å². The van der Waals surface area contributed by atoms with Crippen molar-refractivity contribution < 1.29 is 9.53 Å². The molecule has 1 aliphatic heterocycles. The lowest BCUT2D eigenvalue weighted by molar-refractivity contribution is -0.132. The predicted octanol–water partition coefficient (Wildman–Crippen LogP) is 3.13. The van der Waals surface area contributed by atoms with E-state index >= 15 is 0 Å². The van der Waals surface area contributed by atoms with Crippen LogP contribution in [0.5, 0.6) is 5.75 Å². The summed E-state index contributed by atoms with van der Waals surface area (Å²) >= 11 is 0. The Balaban J connectivity index is 1.32. The molecule has 5 rings (SSSR count). The topological polar surface area (TPSA) is 86.9 Å². The Kier molecular flexibility index (Phi) is 5.02. The first-order chi connectivity index (χ1) is 14.7. The normalized spacial score (nSPS) is 18.0. The van der Waals surface area contributed by atoms with Crippen molar-refractivity contribution in [2.75, 3.05) is 13.7 Å². The number of aromatic nitrogens is 4. The van der Waals surface area contributed by atoms with Crippen molar-refractivity contribution in [1.82, 2.24) is 25.1 Å². The zero-order valence-corrected chi connectivity index (χ0v) is 17.3. The van der Waals surface area contributed by atoms with Crippen LogP contribution in [0.3, 0.4) is 0 Å². The van der Waals surface area contributed by atoms with Gasteiger partial charge in [0.05, 0.1) is 37.1 Å². The number of nitrogens with one attached hydrogen (secondary N) is 2. The van der Waals surface area contributed by atoms with Gasteiger partial charge in [0, 0.05) is 31.0 Å². The molecule has 1 amide bonds. The Morgan fingerprint density at radius 1 is 1.27 bits per heavy atom.